The van der Waals surface area contributed by atoms with Crippen LogP contribution in [0.1, 0.15) is 75.7 Å². The van der Waals surface area contributed by atoms with E-state index in [0.717, 1.165) is 18.1 Å². The zero-order chi connectivity index (χ0) is 21.5. The minimum absolute atomic E-state index is 0.253. The molecule has 0 saturated carbocycles. The van der Waals surface area contributed by atoms with Gasteiger partial charge in [-0.15, -0.1) is 0 Å². The van der Waals surface area contributed by atoms with Gasteiger partial charge in [0.05, 0.1) is 21.7 Å². The SMILES string of the molecule is CC[Si](CC)(CC)OCC[C@H](N[S@](=O)C(C)(C)C)[C@H](C)C(=O)OC(C)(C)C. The molecule has 0 aromatic carbocycles. The van der Waals surface area contributed by atoms with Crippen molar-refractivity contribution >= 4 is 25.3 Å². The van der Waals surface area contributed by atoms with E-state index in [1.807, 2.05) is 48.5 Å². The number of carbonyl (C=O) groups excluding carboxylic acids is 1. The Balaban J connectivity index is 5.19. The van der Waals surface area contributed by atoms with Crippen LogP contribution in [0.4, 0.5) is 0 Å². The van der Waals surface area contributed by atoms with E-state index < -0.39 is 35.6 Å². The van der Waals surface area contributed by atoms with Crippen LogP contribution in [0.5, 0.6) is 0 Å². The maximum atomic E-state index is 12.6. The van der Waals surface area contributed by atoms with Crippen LogP contribution in [0.3, 0.4) is 0 Å². The second-order valence-electron chi connectivity index (χ2n) is 9.31. The number of carbonyl (C=O) groups is 1. The van der Waals surface area contributed by atoms with Crippen molar-refractivity contribution in [3.05, 3.63) is 0 Å². The maximum Gasteiger partial charge on any atom is 0.310 e. The first-order chi connectivity index (χ1) is 12.2. The Labute approximate surface area is 171 Å². The molecule has 0 unspecified atom stereocenters. The smallest absolute Gasteiger partial charge is 0.310 e. The number of esters is 1. The van der Waals surface area contributed by atoms with Crippen molar-refractivity contribution in [3.8, 4) is 0 Å². The van der Waals surface area contributed by atoms with Gasteiger partial charge in [-0.2, -0.15) is 0 Å². The van der Waals surface area contributed by atoms with Crippen LogP contribution in [-0.4, -0.2) is 41.5 Å². The fraction of sp³-hybridized carbons (Fsp3) is 0.950. The van der Waals surface area contributed by atoms with Crippen molar-refractivity contribution in [2.24, 2.45) is 5.92 Å². The molecule has 27 heavy (non-hydrogen) atoms. The normalized spacial score (nSPS) is 16.7. The topological polar surface area (TPSA) is 64.6 Å². The van der Waals surface area contributed by atoms with E-state index in [9.17, 15) is 9.00 Å². The summed E-state index contributed by atoms with van der Waals surface area (Å²) in [5, 5.41) is 0. The first kappa shape index (κ1) is 26.8. The molecule has 3 atom stereocenters. The quantitative estimate of drug-likeness (QED) is 0.384. The van der Waals surface area contributed by atoms with Crippen molar-refractivity contribution in [3.63, 3.8) is 0 Å². The van der Waals surface area contributed by atoms with Gasteiger partial charge in [0.15, 0.2) is 8.32 Å². The largest absolute Gasteiger partial charge is 0.460 e. The van der Waals surface area contributed by atoms with Gasteiger partial charge in [-0.25, -0.2) is 8.93 Å². The lowest BCUT2D eigenvalue weighted by Crippen LogP contribution is -2.47. The lowest BCUT2D eigenvalue weighted by atomic mass is 10.00. The van der Waals surface area contributed by atoms with Gasteiger partial charge >= 0.3 is 5.97 Å². The molecule has 162 valence electrons. The molecule has 0 aliphatic heterocycles. The van der Waals surface area contributed by atoms with Gasteiger partial charge in [-0.05, 0) is 66.1 Å². The predicted octanol–water partition coefficient (Wildman–Crippen LogP) is 4.80. The first-order valence-electron chi connectivity index (χ1n) is 10.3. The Morgan fingerprint density at radius 3 is 1.89 bits per heavy atom. The van der Waals surface area contributed by atoms with Gasteiger partial charge in [-0.1, -0.05) is 27.7 Å². The summed E-state index contributed by atoms with van der Waals surface area (Å²) in [5.41, 5.74) is -0.537. The second-order valence-corrected chi connectivity index (χ2v) is 16.1. The summed E-state index contributed by atoms with van der Waals surface area (Å²) in [5.74, 6) is -0.670. The third kappa shape index (κ3) is 9.68. The Morgan fingerprint density at radius 2 is 1.52 bits per heavy atom. The van der Waals surface area contributed by atoms with Crippen LogP contribution in [0, 0.1) is 5.92 Å². The molecule has 0 radical (unpaired) electrons. The standard InChI is InChI=1S/C20H43NO4SSi/c1-11-27(12-2,13-3)24-15-14-17(21-26(23)20(8,9)10)16(4)18(22)25-19(5,6)7/h16-17,21H,11-15H2,1-10H3/t16-,17-,26+/m0/s1. The molecule has 0 spiro atoms. The summed E-state index contributed by atoms with van der Waals surface area (Å²) in [7, 11) is -2.94. The maximum absolute atomic E-state index is 12.6. The minimum Gasteiger partial charge on any atom is -0.460 e. The fourth-order valence-electron chi connectivity index (χ4n) is 2.74. The highest BCUT2D eigenvalue weighted by molar-refractivity contribution is 7.84. The lowest BCUT2D eigenvalue weighted by molar-refractivity contribution is -0.160. The van der Waals surface area contributed by atoms with E-state index in [4.69, 9.17) is 9.16 Å². The molecule has 5 nitrogen and oxygen atoms in total. The van der Waals surface area contributed by atoms with Crippen molar-refractivity contribution in [2.75, 3.05) is 6.61 Å². The molecule has 0 saturated heterocycles. The monoisotopic (exact) mass is 421 g/mol. The molecule has 0 fully saturated rings. The second kappa shape index (κ2) is 11.1. The molecule has 0 aliphatic rings. The summed E-state index contributed by atoms with van der Waals surface area (Å²) in [6.07, 6.45) is 0.636. The summed E-state index contributed by atoms with van der Waals surface area (Å²) < 4.78 is 27.3. The average Bonchev–Trinajstić information content (AvgIpc) is 2.55. The molecule has 0 aromatic rings. The van der Waals surface area contributed by atoms with Crippen LogP contribution in [0.15, 0.2) is 0 Å². The van der Waals surface area contributed by atoms with Gasteiger partial charge in [0.2, 0.25) is 0 Å². The Hall–Kier alpha value is -0.243. The molecule has 0 bridgehead atoms. The van der Waals surface area contributed by atoms with Crippen LogP contribution in [0.25, 0.3) is 0 Å². The number of rotatable bonds is 11. The molecule has 0 rings (SSSR count). The van der Waals surface area contributed by atoms with Crippen LogP contribution >= 0.6 is 0 Å². The molecular weight excluding hydrogens is 378 g/mol. The summed E-state index contributed by atoms with van der Waals surface area (Å²) in [6, 6.07) is 3.02. The number of ether oxygens (including phenoxy) is 1. The van der Waals surface area contributed by atoms with Gasteiger partial charge in [0.25, 0.3) is 0 Å². The van der Waals surface area contributed by atoms with E-state index in [1.54, 1.807) is 0 Å². The summed E-state index contributed by atoms with van der Waals surface area (Å²) in [4.78, 5) is 12.6. The molecule has 0 heterocycles. The highest BCUT2D eigenvalue weighted by Gasteiger charge is 2.33. The number of hydrogen-bond acceptors (Lipinski definition) is 4. The highest BCUT2D eigenvalue weighted by atomic mass is 32.2. The van der Waals surface area contributed by atoms with Crippen molar-refractivity contribution in [2.45, 2.75) is 110 Å². The molecule has 0 aromatic heterocycles. The third-order valence-corrected chi connectivity index (χ3v) is 11.3. The zero-order valence-corrected chi connectivity index (χ0v) is 21.0. The molecule has 0 amide bonds. The van der Waals surface area contributed by atoms with E-state index in [1.165, 1.54) is 0 Å². The van der Waals surface area contributed by atoms with Gasteiger partial charge in [0, 0.05) is 12.6 Å². The average molecular weight is 422 g/mol. The molecule has 0 aliphatic carbocycles. The Bertz CT molecular complexity index is 473. The summed E-state index contributed by atoms with van der Waals surface area (Å²) in [6.45, 7) is 20.4. The fourth-order valence-corrected chi connectivity index (χ4v) is 6.36. The molecule has 1 N–H and O–H groups in total. The van der Waals surface area contributed by atoms with Crippen LogP contribution in [-0.2, 0) is 24.9 Å². The van der Waals surface area contributed by atoms with E-state index >= 15 is 0 Å². The highest BCUT2D eigenvalue weighted by Crippen LogP contribution is 2.23. The molecule has 7 heteroatoms. The lowest BCUT2D eigenvalue weighted by Gasteiger charge is -2.32. The predicted molar refractivity (Wildman–Crippen MR) is 118 cm³/mol. The van der Waals surface area contributed by atoms with Crippen molar-refractivity contribution < 1.29 is 18.2 Å². The first-order valence-corrected chi connectivity index (χ1v) is 13.9. The third-order valence-electron chi connectivity index (χ3n) is 4.97. The van der Waals surface area contributed by atoms with Crippen molar-refractivity contribution in [1.82, 2.24) is 4.72 Å². The zero-order valence-electron chi connectivity index (χ0n) is 19.2. The molecular formula is C20H43NO4SSi. The van der Waals surface area contributed by atoms with Gasteiger partial charge < -0.3 is 9.16 Å². The minimum atomic E-state index is -1.68. The van der Waals surface area contributed by atoms with Crippen molar-refractivity contribution in [1.29, 1.82) is 0 Å². The van der Waals surface area contributed by atoms with E-state index in [-0.39, 0.29) is 12.0 Å². The van der Waals surface area contributed by atoms with E-state index in [2.05, 4.69) is 25.5 Å². The van der Waals surface area contributed by atoms with Gasteiger partial charge in [-0.3, -0.25) is 4.79 Å². The Morgan fingerprint density at radius 1 is 1.04 bits per heavy atom. The van der Waals surface area contributed by atoms with Crippen LogP contribution < -0.4 is 4.72 Å². The number of hydrogen-bond donors (Lipinski definition) is 1. The Kier molecular flexibility index (Phi) is 11.0. The van der Waals surface area contributed by atoms with Gasteiger partial charge in [0.1, 0.15) is 5.60 Å². The van der Waals surface area contributed by atoms with E-state index in [0.29, 0.717) is 13.0 Å². The summed E-state index contributed by atoms with van der Waals surface area (Å²) >= 11 is 0. The number of nitrogens with one attached hydrogen (secondary N) is 1. The van der Waals surface area contributed by atoms with Crippen LogP contribution in [0.2, 0.25) is 18.1 Å².